The lowest BCUT2D eigenvalue weighted by Crippen LogP contribution is -2.52. The Kier molecular flexibility index (Phi) is 8.54. The van der Waals surface area contributed by atoms with Gasteiger partial charge in [-0.3, -0.25) is 9.59 Å². The van der Waals surface area contributed by atoms with E-state index in [1.165, 1.54) is 0 Å². The number of nitrogens with one attached hydrogen (secondary N) is 3. The molecule has 2 amide bonds. The number of H-pyrrole nitrogens is 1. The molecule has 4 N–H and O–H groups in total. The fraction of sp³-hybridized carbons (Fsp3) is 0.519. The minimum absolute atomic E-state index is 0.00104. The summed E-state index contributed by atoms with van der Waals surface area (Å²) >= 11 is 3.53. The number of rotatable bonds is 6. The molecule has 8 nitrogen and oxygen atoms in total. The number of aromatic nitrogens is 1. The van der Waals surface area contributed by atoms with Crippen molar-refractivity contribution in [3.8, 4) is 0 Å². The number of nitrogens with zero attached hydrogens (tertiary/aromatic N) is 1. The van der Waals surface area contributed by atoms with Crippen LogP contribution in [0.1, 0.15) is 79.2 Å². The van der Waals surface area contributed by atoms with Crippen molar-refractivity contribution in [2.45, 2.75) is 91.4 Å². The summed E-state index contributed by atoms with van der Waals surface area (Å²) in [5, 5.41) is 16.2. The lowest BCUT2D eigenvalue weighted by molar-refractivity contribution is 0.0556. The van der Waals surface area contributed by atoms with Gasteiger partial charge >= 0.3 is 6.09 Å². The van der Waals surface area contributed by atoms with Crippen molar-refractivity contribution < 1.29 is 14.7 Å². The number of hydrogen-bond acceptors (Lipinski definition) is 4. The lowest BCUT2D eigenvalue weighted by Gasteiger charge is -2.43. The molecule has 0 saturated heterocycles. The van der Waals surface area contributed by atoms with Gasteiger partial charge in [-0.1, -0.05) is 15.9 Å². The molecule has 1 fully saturated rings. The van der Waals surface area contributed by atoms with Crippen LogP contribution in [0.15, 0.2) is 27.5 Å². The third kappa shape index (κ3) is 6.49. The molecule has 3 rings (SSSR count). The summed E-state index contributed by atoms with van der Waals surface area (Å²) < 4.78 is 0.781. The van der Waals surface area contributed by atoms with Gasteiger partial charge in [0, 0.05) is 51.1 Å². The fourth-order valence-electron chi connectivity index (χ4n) is 5.12. The second-order valence-electron chi connectivity index (χ2n) is 10.7. The standard InChI is InChI=1S/C27H37BrN4O4/c1-15-11-16(2)30-25(34)22(15)14-29-24(33)21-12-18(28)13-23(17(21)3)31-19-7-9-20(10-8-19)32(26(35)36)27(4,5)6/h11-13,19-20,31H,7-10,14H2,1-6H3,(H,29,33)(H,30,34)(H,35,36)/t19-,20-. The van der Waals surface area contributed by atoms with Gasteiger partial charge in [0.25, 0.3) is 11.5 Å². The van der Waals surface area contributed by atoms with E-state index in [2.05, 4.69) is 31.5 Å². The summed E-state index contributed by atoms with van der Waals surface area (Å²) in [6.45, 7) is 11.5. The molecule has 0 spiro atoms. The number of benzene rings is 1. The summed E-state index contributed by atoms with van der Waals surface area (Å²) in [7, 11) is 0. The number of pyridine rings is 1. The van der Waals surface area contributed by atoms with E-state index in [-0.39, 0.29) is 30.1 Å². The Morgan fingerprint density at radius 3 is 2.31 bits per heavy atom. The normalized spacial score (nSPS) is 18.0. The summed E-state index contributed by atoms with van der Waals surface area (Å²) in [6.07, 6.45) is 2.37. The maximum absolute atomic E-state index is 13.1. The van der Waals surface area contributed by atoms with Crippen LogP contribution < -0.4 is 16.2 Å². The molecule has 196 valence electrons. The molecule has 0 atom stereocenters. The summed E-state index contributed by atoms with van der Waals surface area (Å²) in [5.74, 6) is -0.248. The van der Waals surface area contributed by atoms with Crippen LogP contribution in [0.25, 0.3) is 0 Å². The first-order valence-electron chi connectivity index (χ1n) is 12.3. The van der Waals surface area contributed by atoms with E-state index >= 15 is 0 Å². The summed E-state index contributed by atoms with van der Waals surface area (Å²) in [5.41, 5.74) is 3.77. The van der Waals surface area contributed by atoms with E-state index in [0.717, 1.165) is 52.7 Å². The van der Waals surface area contributed by atoms with E-state index in [9.17, 15) is 19.5 Å². The Morgan fingerprint density at radius 1 is 1.11 bits per heavy atom. The van der Waals surface area contributed by atoms with E-state index in [1.54, 1.807) is 11.0 Å². The molecule has 0 unspecified atom stereocenters. The van der Waals surface area contributed by atoms with Crippen LogP contribution in [-0.2, 0) is 6.54 Å². The zero-order chi connectivity index (χ0) is 26.8. The van der Waals surface area contributed by atoms with Crippen molar-refractivity contribution in [1.82, 2.24) is 15.2 Å². The number of carbonyl (C=O) groups excluding carboxylic acids is 1. The van der Waals surface area contributed by atoms with Crippen LogP contribution in [0.4, 0.5) is 10.5 Å². The quantitative estimate of drug-likeness (QED) is 0.372. The van der Waals surface area contributed by atoms with Gasteiger partial charge in [0.15, 0.2) is 0 Å². The SMILES string of the molecule is Cc1cc(C)c(CNC(=O)c2cc(Br)cc(N[C@H]3CC[C@H](N(C(=O)O)C(C)(C)C)CC3)c2C)c(=O)[nH]1. The number of amides is 2. The molecule has 2 aromatic rings. The van der Waals surface area contributed by atoms with Gasteiger partial charge in [0.1, 0.15) is 0 Å². The van der Waals surface area contributed by atoms with E-state index < -0.39 is 11.6 Å². The van der Waals surface area contributed by atoms with Crippen molar-refractivity contribution >= 4 is 33.6 Å². The first-order chi connectivity index (χ1) is 16.8. The molecule has 1 aliphatic carbocycles. The van der Waals surface area contributed by atoms with Crippen molar-refractivity contribution in [3.05, 3.63) is 61.0 Å². The number of halogens is 1. The van der Waals surface area contributed by atoms with Crippen molar-refractivity contribution in [3.63, 3.8) is 0 Å². The van der Waals surface area contributed by atoms with Crippen LogP contribution in [0.2, 0.25) is 0 Å². The van der Waals surface area contributed by atoms with Gasteiger partial charge in [0.2, 0.25) is 0 Å². The second kappa shape index (κ2) is 11.1. The largest absolute Gasteiger partial charge is 0.465 e. The number of aromatic amines is 1. The predicted octanol–water partition coefficient (Wildman–Crippen LogP) is 5.49. The van der Waals surface area contributed by atoms with E-state index in [0.29, 0.717) is 11.1 Å². The monoisotopic (exact) mass is 560 g/mol. The van der Waals surface area contributed by atoms with Gasteiger partial charge in [-0.25, -0.2) is 4.79 Å². The number of aryl methyl sites for hydroxylation is 2. The number of carbonyl (C=O) groups is 2. The van der Waals surface area contributed by atoms with Crippen LogP contribution in [0.5, 0.6) is 0 Å². The first kappa shape index (κ1) is 27.8. The van der Waals surface area contributed by atoms with Crippen LogP contribution >= 0.6 is 15.9 Å². The van der Waals surface area contributed by atoms with Gasteiger partial charge in [0.05, 0.1) is 0 Å². The van der Waals surface area contributed by atoms with E-state index in [4.69, 9.17) is 0 Å². The molecule has 1 saturated carbocycles. The Labute approximate surface area is 221 Å². The predicted molar refractivity (Wildman–Crippen MR) is 146 cm³/mol. The molecule has 36 heavy (non-hydrogen) atoms. The van der Waals surface area contributed by atoms with Crippen LogP contribution in [0.3, 0.4) is 0 Å². The molecule has 0 radical (unpaired) electrons. The molecule has 0 aliphatic heterocycles. The molecule has 1 aromatic carbocycles. The number of hydrogen-bond donors (Lipinski definition) is 4. The molecule has 1 heterocycles. The number of carboxylic acid groups (broad SMARTS) is 1. The molecule has 1 aliphatic rings. The van der Waals surface area contributed by atoms with Crippen LogP contribution in [-0.4, -0.2) is 44.6 Å². The first-order valence-corrected chi connectivity index (χ1v) is 13.1. The zero-order valence-electron chi connectivity index (χ0n) is 21.9. The van der Waals surface area contributed by atoms with Crippen molar-refractivity contribution in [2.24, 2.45) is 0 Å². The van der Waals surface area contributed by atoms with E-state index in [1.807, 2.05) is 53.7 Å². The highest BCUT2D eigenvalue weighted by Crippen LogP contribution is 2.32. The Hall–Kier alpha value is -2.81. The highest BCUT2D eigenvalue weighted by molar-refractivity contribution is 9.10. The van der Waals surface area contributed by atoms with Crippen molar-refractivity contribution in [1.29, 1.82) is 0 Å². The van der Waals surface area contributed by atoms with Gasteiger partial charge < -0.3 is 25.6 Å². The lowest BCUT2D eigenvalue weighted by atomic mass is 9.87. The van der Waals surface area contributed by atoms with Gasteiger partial charge in [-0.2, -0.15) is 0 Å². The average molecular weight is 562 g/mol. The zero-order valence-corrected chi connectivity index (χ0v) is 23.5. The summed E-state index contributed by atoms with van der Waals surface area (Å²) in [4.78, 5) is 41.6. The van der Waals surface area contributed by atoms with Gasteiger partial charge in [-0.05, 0) is 96.6 Å². The topological polar surface area (TPSA) is 115 Å². The minimum Gasteiger partial charge on any atom is -0.465 e. The third-order valence-corrected chi connectivity index (χ3v) is 7.34. The van der Waals surface area contributed by atoms with Crippen molar-refractivity contribution in [2.75, 3.05) is 5.32 Å². The Morgan fingerprint density at radius 2 is 1.75 bits per heavy atom. The maximum atomic E-state index is 13.1. The smallest absolute Gasteiger partial charge is 0.407 e. The Bertz CT molecular complexity index is 1190. The molecular formula is C27H37BrN4O4. The number of anilines is 1. The van der Waals surface area contributed by atoms with Crippen LogP contribution in [0, 0.1) is 20.8 Å². The summed E-state index contributed by atoms with van der Waals surface area (Å²) in [6, 6.07) is 5.83. The highest BCUT2D eigenvalue weighted by Gasteiger charge is 2.35. The average Bonchev–Trinajstić information content (AvgIpc) is 2.75. The minimum atomic E-state index is -0.875. The molecule has 9 heteroatoms. The second-order valence-corrected chi connectivity index (χ2v) is 11.6. The molecule has 1 aromatic heterocycles. The highest BCUT2D eigenvalue weighted by atomic mass is 79.9. The Balaban J connectivity index is 1.69. The molecular weight excluding hydrogens is 524 g/mol. The van der Waals surface area contributed by atoms with Gasteiger partial charge in [-0.15, -0.1) is 0 Å². The molecule has 0 bridgehead atoms. The maximum Gasteiger partial charge on any atom is 0.407 e. The fourth-order valence-corrected chi connectivity index (χ4v) is 5.58. The third-order valence-electron chi connectivity index (χ3n) is 6.89.